The van der Waals surface area contributed by atoms with Gasteiger partial charge in [0, 0.05) is 35.5 Å². The van der Waals surface area contributed by atoms with Gasteiger partial charge in [-0.1, -0.05) is 0 Å². The molecule has 1 atom stereocenters. The lowest BCUT2D eigenvalue weighted by Crippen LogP contribution is -2.87. The summed E-state index contributed by atoms with van der Waals surface area (Å²) in [6, 6.07) is 5.89. The number of nitrogens with two attached hydrogens (primary N) is 1. The third-order valence-electron chi connectivity index (χ3n) is 4.65. The van der Waals surface area contributed by atoms with E-state index in [-0.39, 0.29) is 17.5 Å². The number of benzene rings is 1. The second-order valence-electron chi connectivity index (χ2n) is 5.86. The van der Waals surface area contributed by atoms with Gasteiger partial charge in [0.05, 0.1) is 6.54 Å². The number of quaternary nitrogens is 1. The third kappa shape index (κ3) is 2.20. The van der Waals surface area contributed by atoms with Crippen LogP contribution in [0.1, 0.15) is 41.0 Å². The second-order valence-corrected chi connectivity index (χ2v) is 5.86. The van der Waals surface area contributed by atoms with Crippen molar-refractivity contribution in [3.8, 4) is 11.5 Å². The highest BCUT2D eigenvalue weighted by Gasteiger charge is 2.29. The van der Waals surface area contributed by atoms with Crippen molar-refractivity contribution in [2.45, 2.75) is 39.8 Å². The van der Waals surface area contributed by atoms with E-state index in [9.17, 15) is 10.2 Å². The highest BCUT2D eigenvalue weighted by molar-refractivity contribution is 5.49. The summed E-state index contributed by atoms with van der Waals surface area (Å²) in [6.07, 6.45) is 0.923. The second kappa shape index (κ2) is 5.11. The summed E-state index contributed by atoms with van der Waals surface area (Å²) < 4.78 is 2.32. The molecule has 112 valence electrons. The van der Waals surface area contributed by atoms with Crippen molar-refractivity contribution in [2.75, 3.05) is 6.54 Å². The van der Waals surface area contributed by atoms with Gasteiger partial charge in [0.15, 0.2) is 11.5 Å². The zero-order chi connectivity index (χ0) is 15.1. The van der Waals surface area contributed by atoms with Gasteiger partial charge >= 0.3 is 0 Å². The predicted molar refractivity (Wildman–Crippen MR) is 81.7 cm³/mol. The molecule has 0 spiro atoms. The zero-order valence-corrected chi connectivity index (χ0v) is 12.8. The van der Waals surface area contributed by atoms with E-state index >= 15 is 0 Å². The minimum Gasteiger partial charge on any atom is -0.504 e. The van der Waals surface area contributed by atoms with Gasteiger partial charge < -0.3 is 20.1 Å². The van der Waals surface area contributed by atoms with Gasteiger partial charge in [-0.15, -0.1) is 0 Å². The summed E-state index contributed by atoms with van der Waals surface area (Å²) in [4.78, 5) is 0. The summed E-state index contributed by atoms with van der Waals surface area (Å²) in [5, 5.41) is 21.9. The zero-order valence-electron chi connectivity index (χ0n) is 12.8. The highest BCUT2D eigenvalue weighted by atomic mass is 16.3. The molecule has 2 heterocycles. The molecule has 1 aromatic heterocycles. The summed E-state index contributed by atoms with van der Waals surface area (Å²) in [5.74, 6) is -0.0493. The van der Waals surface area contributed by atoms with Gasteiger partial charge in [-0.3, -0.25) is 0 Å². The van der Waals surface area contributed by atoms with Gasteiger partial charge in [-0.25, -0.2) is 0 Å². The molecular formula is C17H23N2O2+. The molecule has 0 radical (unpaired) electrons. The number of hydrogen-bond donors (Lipinski definition) is 3. The lowest BCUT2D eigenvalue weighted by atomic mass is 9.89. The van der Waals surface area contributed by atoms with E-state index in [0.717, 1.165) is 30.6 Å². The van der Waals surface area contributed by atoms with Gasteiger partial charge in [-0.2, -0.15) is 0 Å². The summed E-state index contributed by atoms with van der Waals surface area (Å²) >= 11 is 0. The molecule has 0 bridgehead atoms. The molecule has 0 fully saturated rings. The van der Waals surface area contributed by atoms with Gasteiger partial charge in [0.25, 0.3) is 0 Å². The quantitative estimate of drug-likeness (QED) is 0.737. The summed E-state index contributed by atoms with van der Waals surface area (Å²) in [6.45, 7) is 8.42. The Kier molecular flexibility index (Phi) is 3.41. The van der Waals surface area contributed by atoms with Crippen molar-refractivity contribution in [3.63, 3.8) is 0 Å². The number of aromatic nitrogens is 1. The van der Waals surface area contributed by atoms with Crippen LogP contribution in [0, 0.1) is 13.8 Å². The molecule has 2 aromatic rings. The molecule has 1 aromatic carbocycles. The number of rotatable bonds is 2. The van der Waals surface area contributed by atoms with Crippen LogP contribution >= 0.6 is 0 Å². The molecule has 3 rings (SSSR count). The molecule has 4 nitrogen and oxygen atoms in total. The standard InChI is InChI=1S/C17H22N2O2/c1-4-19-10(2)7-13(11(19)3)17-14-9-16(21)15(20)8-12(14)5-6-18-17/h7-9,17-18,20-21H,4-6H2,1-3H3/p+1/t17-/m0/s1. The van der Waals surface area contributed by atoms with Crippen LogP contribution in [0.25, 0.3) is 0 Å². The number of aromatic hydroxyl groups is 2. The van der Waals surface area contributed by atoms with Gasteiger partial charge in [0.2, 0.25) is 0 Å². The topological polar surface area (TPSA) is 62.0 Å². The molecule has 4 N–H and O–H groups in total. The van der Waals surface area contributed by atoms with Crippen LogP contribution in [0.3, 0.4) is 0 Å². The van der Waals surface area contributed by atoms with Crippen LogP contribution in [0.4, 0.5) is 0 Å². The lowest BCUT2D eigenvalue weighted by Gasteiger charge is -2.24. The molecule has 4 heteroatoms. The Morgan fingerprint density at radius 1 is 1.14 bits per heavy atom. The van der Waals surface area contributed by atoms with E-state index in [1.54, 1.807) is 12.1 Å². The molecule has 0 amide bonds. The van der Waals surface area contributed by atoms with E-state index in [2.05, 4.69) is 36.7 Å². The molecular weight excluding hydrogens is 264 g/mol. The Balaban J connectivity index is 2.12. The Labute approximate surface area is 125 Å². The van der Waals surface area contributed by atoms with Crippen LogP contribution in [-0.2, 0) is 13.0 Å². The Morgan fingerprint density at radius 3 is 2.52 bits per heavy atom. The van der Waals surface area contributed by atoms with Crippen molar-refractivity contribution in [2.24, 2.45) is 0 Å². The highest BCUT2D eigenvalue weighted by Crippen LogP contribution is 2.35. The van der Waals surface area contributed by atoms with E-state index in [0.29, 0.717) is 0 Å². The van der Waals surface area contributed by atoms with Crippen LogP contribution in [-0.4, -0.2) is 21.3 Å². The van der Waals surface area contributed by atoms with Crippen molar-refractivity contribution in [3.05, 3.63) is 46.3 Å². The van der Waals surface area contributed by atoms with E-state index in [4.69, 9.17) is 0 Å². The van der Waals surface area contributed by atoms with Crippen LogP contribution in [0.15, 0.2) is 18.2 Å². The first-order valence-electron chi connectivity index (χ1n) is 7.57. The van der Waals surface area contributed by atoms with Crippen LogP contribution in [0.2, 0.25) is 0 Å². The fourth-order valence-corrected chi connectivity index (χ4v) is 3.60. The van der Waals surface area contributed by atoms with E-state index < -0.39 is 0 Å². The number of phenols is 2. The van der Waals surface area contributed by atoms with Crippen molar-refractivity contribution in [1.29, 1.82) is 0 Å². The average Bonchev–Trinajstić information content (AvgIpc) is 2.74. The van der Waals surface area contributed by atoms with Crippen LogP contribution in [0.5, 0.6) is 11.5 Å². The molecule has 0 saturated carbocycles. The number of phenolic OH excluding ortho intramolecular Hbond substituents is 2. The fourth-order valence-electron chi connectivity index (χ4n) is 3.60. The van der Waals surface area contributed by atoms with Gasteiger partial charge in [0.1, 0.15) is 6.04 Å². The minimum atomic E-state index is -0.0293. The molecule has 1 aliphatic heterocycles. The van der Waals surface area contributed by atoms with E-state index in [1.165, 1.54) is 17.0 Å². The molecule has 21 heavy (non-hydrogen) atoms. The first-order chi connectivity index (χ1) is 10.0. The normalized spacial score (nSPS) is 17.8. The Morgan fingerprint density at radius 2 is 1.86 bits per heavy atom. The smallest absolute Gasteiger partial charge is 0.157 e. The largest absolute Gasteiger partial charge is 0.504 e. The fraction of sp³-hybridized carbons (Fsp3) is 0.412. The minimum absolute atomic E-state index is 0.0200. The molecule has 0 saturated heterocycles. The number of nitrogens with zero attached hydrogens (tertiary/aromatic N) is 1. The number of aryl methyl sites for hydroxylation is 1. The maximum atomic E-state index is 9.85. The SMILES string of the molecule is CCn1c(C)cc([C@@H]2[NH2+]CCc3cc(O)c(O)cc32)c1C. The first kappa shape index (κ1) is 14.0. The molecule has 0 unspecified atom stereocenters. The third-order valence-corrected chi connectivity index (χ3v) is 4.65. The van der Waals surface area contributed by atoms with Crippen molar-refractivity contribution < 1.29 is 15.5 Å². The Bertz CT molecular complexity index is 689. The van der Waals surface area contributed by atoms with Gasteiger partial charge in [-0.05, 0) is 44.5 Å². The monoisotopic (exact) mass is 287 g/mol. The lowest BCUT2D eigenvalue weighted by molar-refractivity contribution is -0.690. The number of hydrogen-bond acceptors (Lipinski definition) is 2. The maximum absolute atomic E-state index is 9.85. The average molecular weight is 287 g/mol. The number of fused-ring (bicyclic) bond motifs is 1. The van der Waals surface area contributed by atoms with E-state index in [1.807, 2.05) is 0 Å². The summed E-state index contributed by atoms with van der Waals surface area (Å²) in [7, 11) is 0. The summed E-state index contributed by atoms with van der Waals surface area (Å²) in [5.41, 5.74) is 6.12. The molecule has 0 aliphatic carbocycles. The Hall–Kier alpha value is -1.94. The maximum Gasteiger partial charge on any atom is 0.157 e. The van der Waals surface area contributed by atoms with Crippen LogP contribution < -0.4 is 5.32 Å². The van der Waals surface area contributed by atoms with Crippen molar-refractivity contribution >= 4 is 0 Å². The first-order valence-corrected chi connectivity index (χ1v) is 7.57. The van der Waals surface area contributed by atoms with Crippen molar-refractivity contribution in [1.82, 2.24) is 4.57 Å². The molecule has 1 aliphatic rings. The predicted octanol–water partition coefficient (Wildman–Crippen LogP) is 1.74.